The number of nitrogens with one attached hydrogen (secondary N) is 1. The fourth-order valence-corrected chi connectivity index (χ4v) is 3.55. The zero-order valence-electron chi connectivity index (χ0n) is 13.5. The van der Waals surface area contributed by atoms with Gasteiger partial charge in [-0.3, -0.25) is 4.79 Å². The lowest BCUT2D eigenvalue weighted by molar-refractivity contribution is -0.134. The van der Waals surface area contributed by atoms with E-state index in [1.54, 1.807) is 12.1 Å². The van der Waals surface area contributed by atoms with E-state index in [9.17, 15) is 13.2 Å². The van der Waals surface area contributed by atoms with Gasteiger partial charge in [0.25, 0.3) is 5.91 Å². The van der Waals surface area contributed by atoms with Crippen LogP contribution in [0.4, 0.5) is 0 Å². The zero-order chi connectivity index (χ0) is 16.7. The van der Waals surface area contributed by atoms with E-state index in [2.05, 4.69) is 4.72 Å². The van der Waals surface area contributed by atoms with Crippen LogP contribution in [0.25, 0.3) is 0 Å². The summed E-state index contributed by atoms with van der Waals surface area (Å²) in [5, 5.41) is 0. The summed E-state index contributed by atoms with van der Waals surface area (Å²) in [6, 6.07) is 6.12. The molecule has 128 valence electrons. The summed E-state index contributed by atoms with van der Waals surface area (Å²) >= 11 is 0. The van der Waals surface area contributed by atoms with E-state index in [0.717, 1.165) is 32.4 Å². The van der Waals surface area contributed by atoms with Crippen LogP contribution in [-0.4, -0.2) is 45.5 Å². The van der Waals surface area contributed by atoms with Gasteiger partial charge in [-0.25, -0.2) is 13.1 Å². The van der Waals surface area contributed by atoms with E-state index in [4.69, 9.17) is 4.74 Å². The van der Waals surface area contributed by atoms with E-state index >= 15 is 0 Å². The molecule has 0 spiro atoms. The summed E-state index contributed by atoms with van der Waals surface area (Å²) in [6.07, 6.45) is 4.00. The number of benzene rings is 1. The second-order valence-electron chi connectivity index (χ2n) is 5.60. The molecule has 1 aliphatic heterocycles. The Hall–Kier alpha value is -1.60. The van der Waals surface area contributed by atoms with Crippen LogP contribution in [0.2, 0.25) is 0 Å². The van der Waals surface area contributed by atoms with Gasteiger partial charge in [-0.1, -0.05) is 6.92 Å². The number of piperidine rings is 1. The minimum atomic E-state index is -3.47. The SMILES string of the molecule is CCCNS(=O)(=O)c1ccc(OCC(=O)N2CCCCC2)cc1. The Bertz CT molecular complexity index is 607. The van der Waals surface area contributed by atoms with Crippen molar-refractivity contribution in [1.29, 1.82) is 0 Å². The first-order chi connectivity index (χ1) is 11.0. The first-order valence-electron chi connectivity index (χ1n) is 8.03. The van der Waals surface area contributed by atoms with Crippen LogP contribution in [0.15, 0.2) is 29.2 Å². The van der Waals surface area contributed by atoms with E-state index < -0.39 is 10.0 Å². The molecule has 1 fully saturated rings. The molecule has 1 saturated heterocycles. The van der Waals surface area contributed by atoms with Crippen molar-refractivity contribution in [2.45, 2.75) is 37.5 Å². The molecule has 7 heteroatoms. The van der Waals surface area contributed by atoms with Gasteiger partial charge in [0.2, 0.25) is 10.0 Å². The first-order valence-corrected chi connectivity index (χ1v) is 9.51. The van der Waals surface area contributed by atoms with Gasteiger partial charge in [0.05, 0.1) is 4.90 Å². The highest BCUT2D eigenvalue weighted by molar-refractivity contribution is 7.89. The highest BCUT2D eigenvalue weighted by Crippen LogP contribution is 2.16. The van der Waals surface area contributed by atoms with Crippen molar-refractivity contribution in [2.75, 3.05) is 26.2 Å². The van der Waals surface area contributed by atoms with Gasteiger partial charge in [-0.15, -0.1) is 0 Å². The number of hydrogen-bond acceptors (Lipinski definition) is 4. The van der Waals surface area contributed by atoms with Crippen LogP contribution < -0.4 is 9.46 Å². The predicted molar refractivity (Wildman–Crippen MR) is 87.8 cm³/mol. The van der Waals surface area contributed by atoms with Crippen molar-refractivity contribution in [1.82, 2.24) is 9.62 Å². The third-order valence-corrected chi connectivity index (χ3v) is 5.22. The summed E-state index contributed by atoms with van der Waals surface area (Å²) in [5.74, 6) is 0.468. The summed E-state index contributed by atoms with van der Waals surface area (Å²) in [6.45, 7) is 3.88. The predicted octanol–water partition coefficient (Wildman–Crippen LogP) is 1.77. The Morgan fingerprint density at radius 1 is 1.17 bits per heavy atom. The fourth-order valence-electron chi connectivity index (χ4n) is 2.41. The zero-order valence-corrected chi connectivity index (χ0v) is 14.3. The number of nitrogens with zero attached hydrogens (tertiary/aromatic N) is 1. The molecular formula is C16H24N2O4S. The smallest absolute Gasteiger partial charge is 0.260 e. The molecule has 0 unspecified atom stereocenters. The van der Waals surface area contributed by atoms with Gasteiger partial charge in [-0.05, 0) is 49.9 Å². The molecule has 0 saturated carbocycles. The molecule has 0 bridgehead atoms. The number of ether oxygens (including phenoxy) is 1. The topological polar surface area (TPSA) is 75.7 Å². The summed E-state index contributed by atoms with van der Waals surface area (Å²) in [5.41, 5.74) is 0. The Labute approximate surface area is 137 Å². The van der Waals surface area contributed by atoms with Crippen LogP contribution in [0.5, 0.6) is 5.75 Å². The van der Waals surface area contributed by atoms with E-state index in [1.807, 2.05) is 11.8 Å². The van der Waals surface area contributed by atoms with E-state index in [-0.39, 0.29) is 17.4 Å². The van der Waals surface area contributed by atoms with Crippen molar-refractivity contribution >= 4 is 15.9 Å². The van der Waals surface area contributed by atoms with Crippen molar-refractivity contribution in [3.8, 4) is 5.75 Å². The van der Waals surface area contributed by atoms with Crippen LogP contribution in [0.1, 0.15) is 32.6 Å². The fraction of sp³-hybridized carbons (Fsp3) is 0.562. The van der Waals surface area contributed by atoms with E-state index in [0.29, 0.717) is 12.3 Å². The second-order valence-corrected chi connectivity index (χ2v) is 7.37. The molecule has 0 atom stereocenters. The average Bonchev–Trinajstić information content (AvgIpc) is 2.59. The second kappa shape index (κ2) is 8.31. The van der Waals surface area contributed by atoms with Gasteiger partial charge in [0.1, 0.15) is 5.75 Å². The Morgan fingerprint density at radius 2 is 1.83 bits per heavy atom. The first kappa shape index (κ1) is 17.7. The molecule has 1 amide bonds. The van der Waals surface area contributed by atoms with Crippen LogP contribution in [-0.2, 0) is 14.8 Å². The molecule has 1 N–H and O–H groups in total. The summed E-state index contributed by atoms with van der Waals surface area (Å²) in [7, 11) is -3.47. The number of carbonyl (C=O) groups is 1. The summed E-state index contributed by atoms with van der Waals surface area (Å²) < 4.78 is 31.9. The lowest BCUT2D eigenvalue weighted by atomic mass is 10.1. The maximum absolute atomic E-state index is 12.0. The molecule has 2 rings (SSSR count). The molecule has 6 nitrogen and oxygen atoms in total. The highest BCUT2D eigenvalue weighted by Gasteiger charge is 2.17. The maximum atomic E-state index is 12.0. The Balaban J connectivity index is 1.88. The Kier molecular flexibility index (Phi) is 6.41. The molecule has 1 aliphatic rings. The molecule has 1 aromatic rings. The highest BCUT2D eigenvalue weighted by atomic mass is 32.2. The largest absolute Gasteiger partial charge is 0.484 e. The number of rotatable bonds is 7. The normalized spacial score (nSPS) is 15.4. The third kappa shape index (κ3) is 5.21. The lowest BCUT2D eigenvalue weighted by Gasteiger charge is -2.26. The van der Waals surface area contributed by atoms with Gasteiger partial charge in [0, 0.05) is 19.6 Å². The van der Waals surface area contributed by atoms with Crippen molar-refractivity contribution in [3.05, 3.63) is 24.3 Å². The standard InChI is InChI=1S/C16H24N2O4S/c1-2-10-17-23(20,21)15-8-6-14(7-9-15)22-13-16(19)18-11-4-3-5-12-18/h6-9,17H,2-5,10-13H2,1H3. The number of carbonyl (C=O) groups excluding carboxylic acids is 1. The molecule has 0 radical (unpaired) electrons. The van der Waals surface area contributed by atoms with Crippen molar-refractivity contribution in [3.63, 3.8) is 0 Å². The third-order valence-electron chi connectivity index (χ3n) is 3.75. The monoisotopic (exact) mass is 340 g/mol. The minimum Gasteiger partial charge on any atom is -0.484 e. The molecule has 1 aromatic carbocycles. The minimum absolute atomic E-state index is 0.0137. The van der Waals surface area contributed by atoms with Gasteiger partial charge >= 0.3 is 0 Å². The quantitative estimate of drug-likeness (QED) is 0.821. The molecule has 1 heterocycles. The molecule has 23 heavy (non-hydrogen) atoms. The number of amides is 1. The molecule has 0 aliphatic carbocycles. The molecular weight excluding hydrogens is 316 g/mol. The average molecular weight is 340 g/mol. The maximum Gasteiger partial charge on any atom is 0.260 e. The van der Waals surface area contributed by atoms with Crippen LogP contribution >= 0.6 is 0 Å². The van der Waals surface area contributed by atoms with Gasteiger partial charge in [0.15, 0.2) is 6.61 Å². The van der Waals surface area contributed by atoms with Crippen molar-refractivity contribution in [2.24, 2.45) is 0 Å². The van der Waals surface area contributed by atoms with Gasteiger partial charge in [-0.2, -0.15) is 0 Å². The van der Waals surface area contributed by atoms with Crippen LogP contribution in [0, 0.1) is 0 Å². The lowest BCUT2D eigenvalue weighted by Crippen LogP contribution is -2.38. The molecule has 0 aromatic heterocycles. The van der Waals surface area contributed by atoms with E-state index in [1.165, 1.54) is 18.6 Å². The van der Waals surface area contributed by atoms with Crippen LogP contribution in [0.3, 0.4) is 0 Å². The summed E-state index contributed by atoms with van der Waals surface area (Å²) in [4.78, 5) is 14.0. The number of hydrogen-bond donors (Lipinski definition) is 1. The Morgan fingerprint density at radius 3 is 2.43 bits per heavy atom. The van der Waals surface area contributed by atoms with Crippen molar-refractivity contribution < 1.29 is 17.9 Å². The number of sulfonamides is 1. The number of likely N-dealkylation sites (tertiary alicyclic amines) is 1. The van der Waals surface area contributed by atoms with Gasteiger partial charge < -0.3 is 9.64 Å².